The van der Waals surface area contributed by atoms with Crippen LogP contribution in [0.3, 0.4) is 0 Å². The van der Waals surface area contributed by atoms with Crippen molar-refractivity contribution in [1.82, 2.24) is 0 Å². The van der Waals surface area contributed by atoms with Crippen LogP contribution in [0.4, 0.5) is 0 Å². The van der Waals surface area contributed by atoms with Gasteiger partial charge in [0.15, 0.2) is 0 Å². The number of aliphatic hydroxyl groups excluding tert-OH is 2. The Labute approximate surface area is 111 Å². The Morgan fingerprint density at radius 2 is 1.89 bits per heavy atom. The summed E-state index contributed by atoms with van der Waals surface area (Å²) in [7, 11) is 1.55. The van der Waals surface area contributed by atoms with Crippen molar-refractivity contribution >= 4 is 23.4 Å². The number of ether oxygens (including phenoxy) is 1. The molecule has 0 aliphatic rings. The molecule has 0 spiro atoms. The van der Waals surface area contributed by atoms with E-state index < -0.39 is 12.2 Å². The zero-order chi connectivity index (χ0) is 13.1. The lowest BCUT2D eigenvalue weighted by Gasteiger charge is -2.20. The molecule has 18 heavy (non-hydrogen) atoms. The van der Waals surface area contributed by atoms with Crippen molar-refractivity contribution < 1.29 is 14.9 Å². The van der Waals surface area contributed by atoms with Crippen molar-refractivity contribution in [3.63, 3.8) is 0 Å². The second kappa shape index (κ2) is 5.61. The topological polar surface area (TPSA) is 49.7 Å². The van der Waals surface area contributed by atoms with E-state index in [2.05, 4.69) is 12.6 Å². The summed E-state index contributed by atoms with van der Waals surface area (Å²) in [6.07, 6.45) is -1.93. The largest absolute Gasteiger partial charge is 0.496 e. The Hall–Kier alpha value is -1.23. The summed E-state index contributed by atoms with van der Waals surface area (Å²) in [5.41, 5.74) is 0.608. The lowest BCUT2D eigenvalue weighted by Crippen LogP contribution is -2.20. The van der Waals surface area contributed by atoms with Gasteiger partial charge in [-0.1, -0.05) is 30.3 Å². The van der Waals surface area contributed by atoms with Crippen LogP contribution in [0.1, 0.15) is 11.7 Å². The van der Waals surface area contributed by atoms with E-state index in [1.807, 2.05) is 30.3 Å². The van der Waals surface area contributed by atoms with E-state index in [1.165, 1.54) is 0 Å². The molecule has 0 amide bonds. The van der Waals surface area contributed by atoms with E-state index in [0.717, 1.165) is 10.8 Å². The second-order valence-electron chi connectivity index (χ2n) is 4.10. The minimum atomic E-state index is -1.01. The van der Waals surface area contributed by atoms with E-state index in [0.29, 0.717) is 11.3 Å². The average Bonchev–Trinajstić information content (AvgIpc) is 2.44. The molecule has 0 radical (unpaired) electrons. The number of thiol groups is 1. The lowest BCUT2D eigenvalue weighted by atomic mass is 9.97. The molecule has 0 fully saturated rings. The summed E-state index contributed by atoms with van der Waals surface area (Å²) in [5.74, 6) is 0.759. The van der Waals surface area contributed by atoms with E-state index in [-0.39, 0.29) is 5.75 Å². The van der Waals surface area contributed by atoms with Gasteiger partial charge in [-0.3, -0.25) is 0 Å². The Morgan fingerprint density at radius 3 is 2.56 bits per heavy atom. The highest BCUT2D eigenvalue weighted by molar-refractivity contribution is 7.80. The Balaban J connectivity index is 2.64. The fourth-order valence-corrected chi connectivity index (χ4v) is 2.25. The molecule has 3 nitrogen and oxygen atoms in total. The summed E-state index contributed by atoms with van der Waals surface area (Å²) in [6, 6.07) is 11.4. The first kappa shape index (κ1) is 13.2. The van der Waals surface area contributed by atoms with Gasteiger partial charge in [0.2, 0.25) is 0 Å². The van der Waals surface area contributed by atoms with Gasteiger partial charge in [-0.15, -0.1) is 0 Å². The van der Waals surface area contributed by atoms with Gasteiger partial charge in [0, 0.05) is 11.3 Å². The quantitative estimate of drug-likeness (QED) is 0.742. The normalized spacial score (nSPS) is 14.4. The maximum absolute atomic E-state index is 10.2. The molecule has 0 heterocycles. The van der Waals surface area contributed by atoms with Crippen LogP contribution >= 0.6 is 12.6 Å². The van der Waals surface area contributed by atoms with E-state index in [4.69, 9.17) is 4.74 Å². The third-order valence-corrected chi connectivity index (χ3v) is 3.37. The van der Waals surface area contributed by atoms with Crippen molar-refractivity contribution in [1.29, 1.82) is 0 Å². The van der Waals surface area contributed by atoms with Gasteiger partial charge in [0.1, 0.15) is 11.9 Å². The molecule has 96 valence electrons. The molecule has 0 saturated carbocycles. The smallest absolute Gasteiger partial charge is 0.125 e. The maximum atomic E-state index is 10.2. The molecule has 2 atom stereocenters. The van der Waals surface area contributed by atoms with Crippen LogP contribution in [0.25, 0.3) is 10.8 Å². The van der Waals surface area contributed by atoms with E-state index in [1.54, 1.807) is 13.2 Å². The minimum absolute atomic E-state index is 0.188. The number of hydrogen-bond acceptors (Lipinski definition) is 4. The van der Waals surface area contributed by atoms with Gasteiger partial charge < -0.3 is 14.9 Å². The van der Waals surface area contributed by atoms with Gasteiger partial charge in [0.05, 0.1) is 13.2 Å². The third kappa shape index (κ3) is 2.32. The summed E-state index contributed by atoms with van der Waals surface area (Å²) in [6.45, 7) is 0. The number of hydrogen-bond donors (Lipinski definition) is 3. The molecule has 2 N–H and O–H groups in total. The molecule has 0 bridgehead atoms. The number of benzene rings is 2. The van der Waals surface area contributed by atoms with Gasteiger partial charge in [-0.05, 0) is 16.8 Å². The fourth-order valence-electron chi connectivity index (χ4n) is 2.05. The monoisotopic (exact) mass is 264 g/mol. The van der Waals surface area contributed by atoms with E-state index in [9.17, 15) is 10.2 Å². The molecular formula is C14H16O3S. The second-order valence-corrected chi connectivity index (χ2v) is 4.46. The van der Waals surface area contributed by atoms with Crippen LogP contribution in [-0.4, -0.2) is 29.2 Å². The predicted molar refractivity (Wildman–Crippen MR) is 75.3 cm³/mol. The van der Waals surface area contributed by atoms with Gasteiger partial charge in [0.25, 0.3) is 0 Å². The minimum Gasteiger partial charge on any atom is -0.496 e. The van der Waals surface area contributed by atoms with Crippen LogP contribution in [0, 0.1) is 0 Å². The van der Waals surface area contributed by atoms with Crippen LogP contribution in [0.2, 0.25) is 0 Å². The molecule has 0 aliphatic heterocycles. The van der Waals surface area contributed by atoms with Crippen LogP contribution in [0.15, 0.2) is 36.4 Å². The van der Waals surface area contributed by atoms with Crippen molar-refractivity contribution in [2.75, 3.05) is 12.9 Å². The van der Waals surface area contributed by atoms with Crippen LogP contribution in [-0.2, 0) is 0 Å². The number of fused-ring (bicyclic) bond motifs is 1. The van der Waals surface area contributed by atoms with Crippen LogP contribution in [0.5, 0.6) is 5.75 Å². The predicted octanol–water partition coefficient (Wildman–Crippen LogP) is 2.17. The molecule has 0 saturated heterocycles. The first-order valence-electron chi connectivity index (χ1n) is 5.71. The van der Waals surface area contributed by atoms with Crippen LogP contribution < -0.4 is 4.74 Å². The Bertz CT molecular complexity index is 542. The number of aliphatic hydroxyl groups is 2. The highest BCUT2D eigenvalue weighted by Gasteiger charge is 2.22. The summed E-state index contributed by atoms with van der Waals surface area (Å²) < 4.78 is 5.27. The summed E-state index contributed by atoms with van der Waals surface area (Å²) in [5, 5.41) is 21.9. The van der Waals surface area contributed by atoms with Gasteiger partial charge >= 0.3 is 0 Å². The molecule has 4 heteroatoms. The van der Waals surface area contributed by atoms with Crippen molar-refractivity contribution in [2.24, 2.45) is 0 Å². The number of methoxy groups -OCH3 is 1. The van der Waals surface area contributed by atoms with Gasteiger partial charge in [-0.2, -0.15) is 12.6 Å². The summed E-state index contributed by atoms with van der Waals surface area (Å²) >= 11 is 4.01. The molecule has 2 unspecified atom stereocenters. The molecule has 2 rings (SSSR count). The Kier molecular flexibility index (Phi) is 4.11. The molecule has 2 aromatic carbocycles. The number of rotatable bonds is 4. The zero-order valence-electron chi connectivity index (χ0n) is 10.1. The SMILES string of the molecule is COc1ccc2ccccc2c1C(O)C(O)CS. The summed E-state index contributed by atoms with van der Waals surface area (Å²) in [4.78, 5) is 0. The highest BCUT2D eigenvalue weighted by Crippen LogP contribution is 2.34. The van der Waals surface area contributed by atoms with Crippen molar-refractivity contribution in [3.05, 3.63) is 42.0 Å². The standard InChI is InChI=1S/C14H16O3S/c1-17-12-7-6-9-4-2-3-5-10(9)13(12)14(16)11(15)8-18/h2-7,11,14-16,18H,8H2,1H3. The Morgan fingerprint density at radius 1 is 1.17 bits per heavy atom. The lowest BCUT2D eigenvalue weighted by molar-refractivity contribution is 0.0332. The third-order valence-electron chi connectivity index (χ3n) is 3.00. The average molecular weight is 264 g/mol. The molecule has 0 aliphatic carbocycles. The van der Waals surface area contributed by atoms with E-state index >= 15 is 0 Å². The highest BCUT2D eigenvalue weighted by atomic mass is 32.1. The van der Waals surface area contributed by atoms with Crippen molar-refractivity contribution in [2.45, 2.75) is 12.2 Å². The van der Waals surface area contributed by atoms with Crippen molar-refractivity contribution in [3.8, 4) is 5.75 Å². The maximum Gasteiger partial charge on any atom is 0.125 e. The molecule has 0 aromatic heterocycles. The first-order valence-corrected chi connectivity index (χ1v) is 6.35. The fraction of sp³-hybridized carbons (Fsp3) is 0.286. The van der Waals surface area contributed by atoms with Gasteiger partial charge in [-0.25, -0.2) is 0 Å². The molecule has 2 aromatic rings. The molecular weight excluding hydrogens is 248 g/mol. The zero-order valence-corrected chi connectivity index (χ0v) is 11.0. The first-order chi connectivity index (χ1) is 8.69.